The van der Waals surface area contributed by atoms with Gasteiger partial charge in [-0.25, -0.2) is 0 Å². The third-order valence-electron chi connectivity index (χ3n) is 3.65. The van der Waals surface area contributed by atoms with Crippen LogP contribution in [0, 0.1) is 0 Å². The Labute approximate surface area is 117 Å². The van der Waals surface area contributed by atoms with E-state index in [9.17, 15) is 4.79 Å². The highest BCUT2D eigenvalue weighted by molar-refractivity contribution is 5.45. The van der Waals surface area contributed by atoms with Crippen LogP contribution in [0.3, 0.4) is 0 Å². The summed E-state index contributed by atoms with van der Waals surface area (Å²) in [4.78, 5) is 10.5. The van der Waals surface area contributed by atoms with Crippen molar-refractivity contribution in [1.82, 2.24) is 5.32 Å². The molecule has 3 aliphatic heterocycles. The van der Waals surface area contributed by atoms with Gasteiger partial charge in [0.1, 0.15) is 24.4 Å². The van der Waals surface area contributed by atoms with Crippen molar-refractivity contribution in [2.75, 3.05) is 6.54 Å². The van der Waals surface area contributed by atoms with Crippen molar-refractivity contribution < 1.29 is 28.5 Å². The van der Waals surface area contributed by atoms with E-state index < -0.39 is 17.9 Å². The minimum absolute atomic E-state index is 0.274. The molecule has 0 aromatic rings. The Morgan fingerprint density at radius 1 is 0.950 bits per heavy atom. The van der Waals surface area contributed by atoms with Crippen molar-refractivity contribution in [2.45, 2.75) is 70.0 Å². The highest BCUT2D eigenvalue weighted by atomic mass is 16.9. The zero-order chi connectivity index (χ0) is 14.5. The van der Waals surface area contributed by atoms with Gasteiger partial charge in [0.15, 0.2) is 17.9 Å². The van der Waals surface area contributed by atoms with Crippen LogP contribution in [-0.2, 0) is 28.5 Å². The van der Waals surface area contributed by atoms with Crippen LogP contribution in [-0.4, -0.2) is 55.2 Å². The fraction of sp³-hybridized carbons (Fsp3) is 0.923. The summed E-state index contributed by atoms with van der Waals surface area (Å²) < 4.78 is 29.3. The first-order chi connectivity index (χ1) is 9.31. The lowest BCUT2D eigenvalue weighted by Gasteiger charge is -2.37. The normalized spacial score (nSPS) is 44.7. The molecule has 0 aromatic heterocycles. The molecule has 0 radical (unpaired) electrons. The Bertz CT molecular complexity index is 398. The van der Waals surface area contributed by atoms with E-state index in [0.717, 1.165) is 0 Å². The van der Waals surface area contributed by atoms with Crippen LogP contribution < -0.4 is 5.32 Å². The number of hydrogen-bond donors (Lipinski definition) is 1. The molecule has 0 aliphatic carbocycles. The van der Waals surface area contributed by atoms with E-state index in [-0.39, 0.29) is 24.4 Å². The Morgan fingerprint density at radius 3 is 2.25 bits per heavy atom. The summed E-state index contributed by atoms with van der Waals surface area (Å²) in [6, 6.07) is 0. The van der Waals surface area contributed by atoms with Gasteiger partial charge in [-0.05, 0) is 27.7 Å². The number of ether oxygens (including phenoxy) is 5. The fourth-order valence-electron chi connectivity index (χ4n) is 3.02. The summed E-state index contributed by atoms with van der Waals surface area (Å²) in [7, 11) is 0. The van der Waals surface area contributed by atoms with Gasteiger partial charge >= 0.3 is 0 Å². The fourth-order valence-corrected chi connectivity index (χ4v) is 3.02. The molecule has 7 nitrogen and oxygen atoms in total. The summed E-state index contributed by atoms with van der Waals surface area (Å²) in [5.74, 6) is -1.42. The van der Waals surface area contributed by atoms with Crippen LogP contribution >= 0.6 is 0 Å². The average Bonchev–Trinajstić information content (AvgIpc) is 2.80. The standard InChI is InChI=1S/C13H21NO6/c1-12(2)17-8-7(5-14-6-15)16-11-10(9(8)18-12)19-13(3,4)20-11/h6-11H,5H2,1-4H3,(H,14,15)/t7-,8+,9+,10-,11-/m1/s1. The number of rotatable bonds is 3. The maximum absolute atomic E-state index is 10.5. The van der Waals surface area contributed by atoms with Crippen molar-refractivity contribution in [3.63, 3.8) is 0 Å². The van der Waals surface area contributed by atoms with E-state index in [0.29, 0.717) is 13.0 Å². The van der Waals surface area contributed by atoms with Crippen LogP contribution in [0.15, 0.2) is 0 Å². The second kappa shape index (κ2) is 4.64. The van der Waals surface area contributed by atoms with Gasteiger partial charge in [0.05, 0.1) is 0 Å². The van der Waals surface area contributed by atoms with Crippen LogP contribution in [0.5, 0.6) is 0 Å². The van der Waals surface area contributed by atoms with Crippen molar-refractivity contribution >= 4 is 6.41 Å². The number of nitrogens with one attached hydrogen (secondary N) is 1. The molecule has 1 amide bonds. The Morgan fingerprint density at radius 2 is 1.55 bits per heavy atom. The minimum Gasteiger partial charge on any atom is -0.356 e. The molecule has 5 atom stereocenters. The largest absolute Gasteiger partial charge is 0.356 e. The molecule has 1 N–H and O–H groups in total. The van der Waals surface area contributed by atoms with E-state index in [2.05, 4.69) is 5.32 Å². The number of fused-ring (bicyclic) bond motifs is 3. The Hall–Kier alpha value is -0.730. The van der Waals surface area contributed by atoms with Gasteiger partial charge in [-0.15, -0.1) is 0 Å². The predicted molar refractivity (Wildman–Crippen MR) is 66.6 cm³/mol. The molecule has 3 aliphatic rings. The van der Waals surface area contributed by atoms with E-state index in [1.807, 2.05) is 27.7 Å². The first-order valence-electron chi connectivity index (χ1n) is 6.85. The lowest BCUT2D eigenvalue weighted by Crippen LogP contribution is -2.57. The van der Waals surface area contributed by atoms with Crippen LogP contribution in [0.2, 0.25) is 0 Å². The van der Waals surface area contributed by atoms with Crippen molar-refractivity contribution in [3.05, 3.63) is 0 Å². The molecule has 3 fully saturated rings. The van der Waals surface area contributed by atoms with Gasteiger partial charge < -0.3 is 29.0 Å². The predicted octanol–water partition coefficient (Wildman–Crippen LogP) is 0.129. The lowest BCUT2D eigenvalue weighted by atomic mass is 9.99. The molecule has 0 unspecified atom stereocenters. The highest BCUT2D eigenvalue weighted by Gasteiger charge is 2.60. The maximum Gasteiger partial charge on any atom is 0.207 e. The molecule has 114 valence electrons. The summed E-state index contributed by atoms with van der Waals surface area (Å²) in [5, 5.41) is 2.62. The first-order valence-corrected chi connectivity index (χ1v) is 6.85. The second-order valence-electron chi connectivity index (χ2n) is 6.23. The van der Waals surface area contributed by atoms with Gasteiger partial charge in [0.2, 0.25) is 6.41 Å². The monoisotopic (exact) mass is 287 g/mol. The van der Waals surface area contributed by atoms with Gasteiger partial charge in [0.25, 0.3) is 0 Å². The number of hydrogen-bond acceptors (Lipinski definition) is 6. The number of carbonyl (C=O) groups is 1. The van der Waals surface area contributed by atoms with Crippen LogP contribution in [0.4, 0.5) is 0 Å². The molecule has 0 spiro atoms. The summed E-state index contributed by atoms with van der Waals surface area (Å²) in [6.07, 6.45) is -1.10. The molecule has 3 heterocycles. The summed E-state index contributed by atoms with van der Waals surface area (Å²) >= 11 is 0. The van der Waals surface area contributed by atoms with Gasteiger partial charge in [0, 0.05) is 6.54 Å². The quantitative estimate of drug-likeness (QED) is 0.744. The molecule has 0 bridgehead atoms. The smallest absolute Gasteiger partial charge is 0.207 e. The highest BCUT2D eigenvalue weighted by Crippen LogP contribution is 2.43. The van der Waals surface area contributed by atoms with Crippen molar-refractivity contribution in [3.8, 4) is 0 Å². The zero-order valence-corrected chi connectivity index (χ0v) is 12.1. The zero-order valence-electron chi connectivity index (χ0n) is 12.1. The third-order valence-corrected chi connectivity index (χ3v) is 3.65. The van der Waals surface area contributed by atoms with Crippen LogP contribution in [0.25, 0.3) is 0 Å². The maximum atomic E-state index is 10.5. The summed E-state index contributed by atoms with van der Waals surface area (Å²) in [5.41, 5.74) is 0. The van der Waals surface area contributed by atoms with Gasteiger partial charge in [-0.2, -0.15) is 0 Å². The third kappa shape index (κ3) is 2.44. The van der Waals surface area contributed by atoms with Crippen molar-refractivity contribution in [1.29, 1.82) is 0 Å². The van der Waals surface area contributed by atoms with E-state index in [4.69, 9.17) is 23.7 Å². The van der Waals surface area contributed by atoms with E-state index >= 15 is 0 Å². The molecular formula is C13H21NO6. The minimum atomic E-state index is -0.719. The molecule has 0 aromatic carbocycles. The lowest BCUT2D eigenvalue weighted by molar-refractivity contribution is -0.232. The molecule has 7 heteroatoms. The molecule has 0 saturated carbocycles. The number of carbonyl (C=O) groups excluding carboxylic acids is 1. The Balaban J connectivity index is 1.82. The van der Waals surface area contributed by atoms with E-state index in [1.165, 1.54) is 0 Å². The van der Waals surface area contributed by atoms with Gasteiger partial charge in [-0.1, -0.05) is 0 Å². The first kappa shape index (κ1) is 14.2. The SMILES string of the molecule is CC1(C)O[C@H]2[C@@H](O1)[C@@H](CNC=O)O[C@@H]1OC(C)(C)O[C@@H]12. The Kier molecular flexibility index (Phi) is 3.30. The van der Waals surface area contributed by atoms with E-state index in [1.54, 1.807) is 0 Å². The molecule has 3 saturated heterocycles. The molecule has 20 heavy (non-hydrogen) atoms. The summed E-state index contributed by atoms with van der Waals surface area (Å²) in [6.45, 7) is 7.72. The molecular weight excluding hydrogens is 266 g/mol. The van der Waals surface area contributed by atoms with Crippen LogP contribution in [0.1, 0.15) is 27.7 Å². The molecule has 3 rings (SSSR count). The van der Waals surface area contributed by atoms with Gasteiger partial charge in [-0.3, -0.25) is 4.79 Å². The topological polar surface area (TPSA) is 75.3 Å². The van der Waals surface area contributed by atoms with Crippen molar-refractivity contribution in [2.24, 2.45) is 0 Å². The second-order valence-corrected chi connectivity index (χ2v) is 6.23. The number of amides is 1. The average molecular weight is 287 g/mol.